The Morgan fingerprint density at radius 1 is 1.13 bits per heavy atom. The first kappa shape index (κ1) is 20.2. The van der Waals surface area contributed by atoms with Crippen molar-refractivity contribution in [2.45, 2.75) is 25.8 Å². The SMILES string of the molecule is CC[C@@H](C(=O)NCCc1ccc(Cl)cc1)n1c2ccccc2c2cnn(C)c(=O)c21. The molecule has 30 heavy (non-hydrogen) atoms. The standard InChI is InChI=1S/C23H23ClN4O2/c1-3-19(22(29)25-13-12-15-8-10-16(24)11-9-15)28-20-7-5-4-6-17(20)18-14-26-27(2)23(30)21(18)28/h4-11,14,19H,3,12-13H2,1-2H3,(H,25,29)/t19-/m0/s1. The van der Waals surface area contributed by atoms with E-state index in [1.807, 2.05) is 60.0 Å². The Bertz CT molecular complexity index is 1270. The first-order valence-electron chi connectivity index (χ1n) is 9.98. The van der Waals surface area contributed by atoms with Gasteiger partial charge in [-0.1, -0.05) is 48.9 Å². The van der Waals surface area contributed by atoms with Gasteiger partial charge in [-0.05, 0) is 36.6 Å². The molecule has 154 valence electrons. The number of carbonyl (C=O) groups is 1. The highest BCUT2D eigenvalue weighted by Crippen LogP contribution is 2.30. The van der Waals surface area contributed by atoms with E-state index in [0.29, 0.717) is 29.9 Å². The van der Waals surface area contributed by atoms with Crippen molar-refractivity contribution in [3.05, 3.63) is 75.7 Å². The molecule has 4 rings (SSSR count). The van der Waals surface area contributed by atoms with Crippen LogP contribution in [0.25, 0.3) is 21.8 Å². The van der Waals surface area contributed by atoms with Crippen LogP contribution in [0.15, 0.2) is 59.5 Å². The van der Waals surface area contributed by atoms with Gasteiger partial charge in [-0.3, -0.25) is 9.59 Å². The molecule has 0 aliphatic carbocycles. The van der Waals surface area contributed by atoms with E-state index < -0.39 is 6.04 Å². The summed E-state index contributed by atoms with van der Waals surface area (Å²) in [6.07, 6.45) is 2.96. The Kier molecular flexibility index (Phi) is 5.59. The average Bonchev–Trinajstić information content (AvgIpc) is 3.08. The Morgan fingerprint density at radius 2 is 1.87 bits per heavy atom. The lowest BCUT2D eigenvalue weighted by Gasteiger charge is -2.19. The molecule has 0 unspecified atom stereocenters. The van der Waals surface area contributed by atoms with Gasteiger partial charge in [0, 0.05) is 29.4 Å². The topological polar surface area (TPSA) is 68.9 Å². The number of para-hydroxylation sites is 1. The summed E-state index contributed by atoms with van der Waals surface area (Å²) in [6, 6.07) is 14.8. The third-order valence-electron chi connectivity index (χ3n) is 5.43. The summed E-state index contributed by atoms with van der Waals surface area (Å²) in [5.41, 5.74) is 2.26. The van der Waals surface area contributed by atoms with Crippen LogP contribution in [-0.4, -0.2) is 26.8 Å². The van der Waals surface area contributed by atoms with Crippen molar-refractivity contribution in [2.24, 2.45) is 7.05 Å². The molecule has 0 aliphatic rings. The molecule has 0 spiro atoms. The summed E-state index contributed by atoms with van der Waals surface area (Å²) >= 11 is 5.93. The van der Waals surface area contributed by atoms with Gasteiger partial charge >= 0.3 is 0 Å². The number of nitrogens with zero attached hydrogens (tertiary/aromatic N) is 3. The summed E-state index contributed by atoms with van der Waals surface area (Å²) in [5.74, 6) is -0.104. The minimum Gasteiger partial charge on any atom is -0.354 e. The number of carbonyl (C=O) groups excluding carboxylic acids is 1. The minimum atomic E-state index is -0.493. The van der Waals surface area contributed by atoms with Crippen LogP contribution in [0.1, 0.15) is 24.9 Å². The zero-order chi connectivity index (χ0) is 21.3. The molecule has 0 bridgehead atoms. The van der Waals surface area contributed by atoms with Gasteiger partial charge in [0.2, 0.25) is 5.91 Å². The number of aryl methyl sites for hydroxylation is 1. The van der Waals surface area contributed by atoms with Crippen LogP contribution in [0.4, 0.5) is 0 Å². The molecule has 7 heteroatoms. The lowest BCUT2D eigenvalue weighted by atomic mass is 10.1. The molecular formula is C23H23ClN4O2. The van der Waals surface area contributed by atoms with Crippen LogP contribution < -0.4 is 10.9 Å². The quantitative estimate of drug-likeness (QED) is 0.513. The van der Waals surface area contributed by atoms with Crippen LogP contribution >= 0.6 is 11.6 Å². The Labute approximate surface area is 179 Å². The van der Waals surface area contributed by atoms with Gasteiger partial charge < -0.3 is 9.88 Å². The summed E-state index contributed by atoms with van der Waals surface area (Å²) in [6.45, 7) is 2.46. The van der Waals surface area contributed by atoms with Crippen molar-refractivity contribution in [1.29, 1.82) is 0 Å². The predicted molar refractivity (Wildman–Crippen MR) is 120 cm³/mol. The highest BCUT2D eigenvalue weighted by Gasteiger charge is 2.25. The molecule has 4 aromatic rings. The molecule has 0 saturated carbocycles. The van der Waals surface area contributed by atoms with Crippen molar-refractivity contribution in [2.75, 3.05) is 6.54 Å². The Hall–Kier alpha value is -3.12. The van der Waals surface area contributed by atoms with Crippen LogP contribution in [0.5, 0.6) is 0 Å². The van der Waals surface area contributed by atoms with Crippen molar-refractivity contribution in [1.82, 2.24) is 19.7 Å². The van der Waals surface area contributed by atoms with E-state index in [1.54, 1.807) is 13.2 Å². The number of halogens is 1. The number of hydrogen-bond acceptors (Lipinski definition) is 3. The lowest BCUT2D eigenvalue weighted by molar-refractivity contribution is -0.124. The van der Waals surface area contributed by atoms with E-state index in [1.165, 1.54) is 4.68 Å². The monoisotopic (exact) mass is 422 g/mol. The van der Waals surface area contributed by atoms with Crippen molar-refractivity contribution in [3.8, 4) is 0 Å². The molecule has 1 atom stereocenters. The van der Waals surface area contributed by atoms with Crippen molar-refractivity contribution < 1.29 is 4.79 Å². The molecule has 6 nitrogen and oxygen atoms in total. The number of hydrogen-bond donors (Lipinski definition) is 1. The molecule has 2 aromatic carbocycles. The number of rotatable bonds is 6. The second-order valence-electron chi connectivity index (χ2n) is 7.31. The summed E-state index contributed by atoms with van der Waals surface area (Å²) in [4.78, 5) is 26.0. The Morgan fingerprint density at radius 3 is 2.60 bits per heavy atom. The fourth-order valence-corrected chi connectivity index (χ4v) is 4.02. The van der Waals surface area contributed by atoms with Gasteiger partial charge in [0.05, 0.1) is 11.7 Å². The van der Waals surface area contributed by atoms with Crippen LogP contribution in [-0.2, 0) is 18.3 Å². The molecule has 1 amide bonds. The highest BCUT2D eigenvalue weighted by atomic mass is 35.5. The summed E-state index contributed by atoms with van der Waals surface area (Å²) in [5, 5.41) is 9.58. The fraction of sp³-hybridized carbons (Fsp3) is 0.261. The van der Waals surface area contributed by atoms with Gasteiger partial charge in [-0.15, -0.1) is 0 Å². The van der Waals surface area contributed by atoms with E-state index in [-0.39, 0.29) is 11.5 Å². The van der Waals surface area contributed by atoms with E-state index in [9.17, 15) is 9.59 Å². The molecule has 0 fully saturated rings. The van der Waals surface area contributed by atoms with Crippen molar-refractivity contribution in [3.63, 3.8) is 0 Å². The molecule has 0 radical (unpaired) electrons. The zero-order valence-corrected chi connectivity index (χ0v) is 17.7. The van der Waals surface area contributed by atoms with E-state index >= 15 is 0 Å². The second kappa shape index (κ2) is 8.32. The third-order valence-corrected chi connectivity index (χ3v) is 5.69. The van der Waals surface area contributed by atoms with Gasteiger partial charge in [0.1, 0.15) is 11.6 Å². The van der Waals surface area contributed by atoms with Crippen LogP contribution in [0, 0.1) is 0 Å². The normalized spacial score (nSPS) is 12.4. The molecular weight excluding hydrogens is 400 g/mol. The minimum absolute atomic E-state index is 0.104. The smallest absolute Gasteiger partial charge is 0.291 e. The van der Waals surface area contributed by atoms with E-state index in [4.69, 9.17) is 11.6 Å². The summed E-state index contributed by atoms with van der Waals surface area (Å²) < 4.78 is 3.18. The maximum atomic E-state index is 13.1. The fourth-order valence-electron chi connectivity index (χ4n) is 3.90. The first-order chi connectivity index (χ1) is 14.5. The zero-order valence-electron chi connectivity index (χ0n) is 16.9. The van der Waals surface area contributed by atoms with Gasteiger partial charge in [0.25, 0.3) is 5.56 Å². The van der Waals surface area contributed by atoms with Gasteiger partial charge in [0.15, 0.2) is 0 Å². The maximum Gasteiger partial charge on any atom is 0.291 e. The molecule has 2 heterocycles. The number of benzene rings is 2. The molecule has 0 saturated heterocycles. The van der Waals surface area contributed by atoms with E-state index in [2.05, 4.69) is 10.4 Å². The Balaban J connectivity index is 1.68. The van der Waals surface area contributed by atoms with E-state index in [0.717, 1.165) is 21.9 Å². The number of amides is 1. The van der Waals surface area contributed by atoms with Gasteiger partial charge in [-0.25, -0.2) is 4.68 Å². The molecule has 0 aliphatic heterocycles. The average molecular weight is 423 g/mol. The number of aromatic nitrogens is 3. The second-order valence-corrected chi connectivity index (χ2v) is 7.75. The number of fused-ring (bicyclic) bond motifs is 3. The summed E-state index contributed by atoms with van der Waals surface area (Å²) in [7, 11) is 1.62. The lowest BCUT2D eigenvalue weighted by Crippen LogP contribution is -2.34. The molecule has 1 N–H and O–H groups in total. The van der Waals surface area contributed by atoms with Gasteiger partial charge in [-0.2, -0.15) is 5.10 Å². The van der Waals surface area contributed by atoms with Crippen LogP contribution in [0.3, 0.4) is 0 Å². The largest absolute Gasteiger partial charge is 0.354 e. The maximum absolute atomic E-state index is 13.1. The third kappa shape index (κ3) is 3.59. The van der Waals surface area contributed by atoms with Crippen LogP contribution in [0.2, 0.25) is 5.02 Å². The predicted octanol–water partition coefficient (Wildman–Crippen LogP) is 3.85. The first-order valence-corrected chi connectivity index (χ1v) is 10.4. The number of nitrogens with one attached hydrogen (secondary N) is 1. The highest BCUT2D eigenvalue weighted by molar-refractivity contribution is 6.30. The molecule has 2 aromatic heterocycles. The van der Waals surface area contributed by atoms with Crippen molar-refractivity contribution >= 4 is 39.3 Å².